The van der Waals surface area contributed by atoms with E-state index < -0.39 is 16.1 Å². The summed E-state index contributed by atoms with van der Waals surface area (Å²) in [6, 6.07) is 12.7. The van der Waals surface area contributed by atoms with E-state index >= 15 is 0 Å². The summed E-state index contributed by atoms with van der Waals surface area (Å²) in [4.78, 5) is 10.6. The highest BCUT2D eigenvalue weighted by atomic mass is 32.2. The van der Waals surface area contributed by atoms with E-state index in [2.05, 4.69) is 0 Å². The van der Waals surface area contributed by atoms with Gasteiger partial charge in [-0.25, -0.2) is 18.4 Å². The van der Waals surface area contributed by atoms with Gasteiger partial charge >= 0.3 is 6.09 Å². The van der Waals surface area contributed by atoms with Crippen LogP contribution in [-0.2, 0) is 10.0 Å². The predicted octanol–water partition coefficient (Wildman–Crippen LogP) is 1.46. The molecule has 0 saturated heterocycles. The molecule has 0 bridgehead atoms. The highest BCUT2D eigenvalue weighted by Crippen LogP contribution is 2.24. The third-order valence-electron chi connectivity index (χ3n) is 2.57. The highest BCUT2D eigenvalue weighted by Gasteiger charge is 2.09. The minimum atomic E-state index is -3.74. The molecule has 6 nitrogen and oxygen atoms in total. The Balaban J connectivity index is 2.35. The fourth-order valence-corrected chi connectivity index (χ4v) is 2.24. The van der Waals surface area contributed by atoms with Crippen molar-refractivity contribution < 1.29 is 17.9 Å². The van der Waals surface area contributed by atoms with Crippen LogP contribution in [0.3, 0.4) is 0 Å². The number of primary amides is 1. The van der Waals surface area contributed by atoms with Crippen molar-refractivity contribution in [3.05, 3.63) is 48.5 Å². The Bertz CT molecular complexity index is 739. The van der Waals surface area contributed by atoms with Crippen molar-refractivity contribution in [3.63, 3.8) is 0 Å². The quantitative estimate of drug-likeness (QED) is 0.891. The molecule has 0 aliphatic carbocycles. The van der Waals surface area contributed by atoms with Crippen LogP contribution in [0.4, 0.5) is 4.79 Å². The Morgan fingerprint density at radius 1 is 1.00 bits per heavy atom. The Hall–Kier alpha value is -2.38. The molecule has 2 rings (SSSR count). The van der Waals surface area contributed by atoms with Crippen LogP contribution < -0.4 is 15.6 Å². The second kappa shape index (κ2) is 5.32. The molecule has 4 N–H and O–H groups in total. The fraction of sp³-hybridized carbons (Fsp3) is 0. The third kappa shape index (κ3) is 3.34. The lowest BCUT2D eigenvalue weighted by atomic mass is 10.1. The zero-order valence-corrected chi connectivity index (χ0v) is 11.1. The minimum absolute atomic E-state index is 0.0347. The lowest BCUT2D eigenvalue weighted by Crippen LogP contribution is -2.16. The van der Waals surface area contributed by atoms with Gasteiger partial charge in [-0.3, -0.25) is 0 Å². The normalized spacial score (nSPS) is 11.1. The summed E-state index contributed by atoms with van der Waals surface area (Å²) in [6.07, 6.45) is -0.894. The summed E-state index contributed by atoms with van der Waals surface area (Å²) in [5.41, 5.74) is 6.34. The van der Waals surface area contributed by atoms with Crippen LogP contribution in [0.25, 0.3) is 11.1 Å². The summed E-state index contributed by atoms with van der Waals surface area (Å²) in [6.45, 7) is 0. The highest BCUT2D eigenvalue weighted by molar-refractivity contribution is 7.89. The molecule has 0 aromatic heterocycles. The molecule has 0 aliphatic rings. The standard InChI is InChI=1S/C13H12N2O4S/c14-13(16)19-11-6-4-9(5-7-11)10-2-1-3-12(8-10)20(15,17)18/h1-8H,(H2,14,16)(H2,15,17,18). The number of primary sulfonamides is 1. The molecule has 0 heterocycles. The predicted molar refractivity (Wildman–Crippen MR) is 73.5 cm³/mol. The van der Waals surface area contributed by atoms with Gasteiger partial charge in [0.2, 0.25) is 10.0 Å². The van der Waals surface area contributed by atoms with E-state index in [9.17, 15) is 13.2 Å². The number of hydrogen-bond acceptors (Lipinski definition) is 4. The fourth-order valence-electron chi connectivity index (χ4n) is 1.68. The molecule has 2 aromatic rings. The largest absolute Gasteiger partial charge is 0.411 e. The SMILES string of the molecule is NC(=O)Oc1ccc(-c2cccc(S(N)(=O)=O)c2)cc1. The second-order valence-corrected chi connectivity index (χ2v) is 5.58. The summed E-state index contributed by atoms with van der Waals surface area (Å²) >= 11 is 0. The van der Waals surface area contributed by atoms with Crippen LogP contribution in [0.5, 0.6) is 5.75 Å². The van der Waals surface area contributed by atoms with Crippen molar-refractivity contribution in [2.45, 2.75) is 4.90 Å². The number of sulfonamides is 1. The van der Waals surface area contributed by atoms with Gasteiger partial charge in [0.05, 0.1) is 4.90 Å². The number of benzene rings is 2. The van der Waals surface area contributed by atoms with Crippen molar-refractivity contribution in [2.75, 3.05) is 0 Å². The molecule has 0 atom stereocenters. The molecule has 1 amide bonds. The Labute approximate surface area is 116 Å². The van der Waals surface area contributed by atoms with Crippen LogP contribution in [-0.4, -0.2) is 14.5 Å². The average Bonchev–Trinajstić information content (AvgIpc) is 2.38. The first-order chi connectivity index (χ1) is 9.36. The van der Waals surface area contributed by atoms with E-state index in [1.807, 2.05) is 0 Å². The van der Waals surface area contributed by atoms with Crippen LogP contribution >= 0.6 is 0 Å². The first-order valence-corrected chi connectivity index (χ1v) is 7.11. The van der Waals surface area contributed by atoms with Gasteiger partial charge in [-0.1, -0.05) is 24.3 Å². The maximum Gasteiger partial charge on any atom is 0.409 e. The molecule has 0 spiro atoms. The number of hydrogen-bond donors (Lipinski definition) is 2. The number of carbonyl (C=O) groups is 1. The Morgan fingerprint density at radius 3 is 2.20 bits per heavy atom. The van der Waals surface area contributed by atoms with Crippen LogP contribution in [0, 0.1) is 0 Å². The van der Waals surface area contributed by atoms with Gasteiger partial charge in [-0.05, 0) is 35.4 Å². The molecule has 2 aromatic carbocycles. The van der Waals surface area contributed by atoms with Gasteiger partial charge in [0.25, 0.3) is 0 Å². The zero-order valence-electron chi connectivity index (χ0n) is 10.3. The van der Waals surface area contributed by atoms with Crippen LogP contribution in [0.2, 0.25) is 0 Å². The molecule has 0 radical (unpaired) electrons. The number of ether oxygens (including phenoxy) is 1. The molecule has 0 unspecified atom stereocenters. The van der Waals surface area contributed by atoms with Gasteiger partial charge < -0.3 is 10.5 Å². The topological polar surface area (TPSA) is 112 Å². The molecule has 0 aliphatic heterocycles. The lowest BCUT2D eigenvalue weighted by Gasteiger charge is -2.05. The molecular formula is C13H12N2O4S. The van der Waals surface area contributed by atoms with Gasteiger partial charge in [0, 0.05) is 0 Å². The van der Waals surface area contributed by atoms with Gasteiger partial charge in [0.15, 0.2) is 0 Å². The maximum absolute atomic E-state index is 11.3. The first kappa shape index (κ1) is 14.0. The van der Waals surface area contributed by atoms with Gasteiger partial charge in [-0.2, -0.15) is 0 Å². The van der Waals surface area contributed by atoms with Crippen molar-refractivity contribution >= 4 is 16.1 Å². The van der Waals surface area contributed by atoms with E-state index in [1.54, 1.807) is 36.4 Å². The van der Waals surface area contributed by atoms with E-state index in [-0.39, 0.29) is 4.90 Å². The van der Waals surface area contributed by atoms with Gasteiger partial charge in [0.1, 0.15) is 5.75 Å². The maximum atomic E-state index is 11.3. The summed E-state index contributed by atoms with van der Waals surface area (Å²) in [5, 5.41) is 5.08. The lowest BCUT2D eigenvalue weighted by molar-refractivity contribution is 0.211. The second-order valence-electron chi connectivity index (χ2n) is 4.02. The Kier molecular flexibility index (Phi) is 3.73. The van der Waals surface area contributed by atoms with Crippen molar-refractivity contribution in [1.82, 2.24) is 0 Å². The van der Waals surface area contributed by atoms with Crippen LogP contribution in [0.1, 0.15) is 0 Å². The molecule has 7 heteroatoms. The summed E-state index contributed by atoms with van der Waals surface area (Å²) < 4.78 is 27.3. The summed E-state index contributed by atoms with van der Waals surface area (Å²) in [5.74, 6) is 0.309. The van der Waals surface area contributed by atoms with Crippen LogP contribution in [0.15, 0.2) is 53.4 Å². The van der Waals surface area contributed by atoms with E-state index in [0.29, 0.717) is 11.3 Å². The summed E-state index contributed by atoms with van der Waals surface area (Å²) in [7, 11) is -3.74. The number of rotatable bonds is 3. The molecule has 0 fully saturated rings. The first-order valence-electron chi connectivity index (χ1n) is 5.57. The molecule has 0 saturated carbocycles. The van der Waals surface area contributed by atoms with E-state index in [0.717, 1.165) is 5.56 Å². The Morgan fingerprint density at radius 2 is 1.65 bits per heavy atom. The smallest absolute Gasteiger partial charge is 0.409 e. The molecule has 104 valence electrons. The average molecular weight is 292 g/mol. The zero-order chi connectivity index (χ0) is 14.8. The molecule has 20 heavy (non-hydrogen) atoms. The van der Waals surface area contributed by atoms with Gasteiger partial charge in [-0.15, -0.1) is 0 Å². The monoisotopic (exact) mass is 292 g/mol. The minimum Gasteiger partial charge on any atom is -0.411 e. The van der Waals surface area contributed by atoms with E-state index in [4.69, 9.17) is 15.6 Å². The third-order valence-corrected chi connectivity index (χ3v) is 3.48. The van der Waals surface area contributed by atoms with Crippen molar-refractivity contribution in [2.24, 2.45) is 10.9 Å². The number of carbonyl (C=O) groups excluding carboxylic acids is 1. The van der Waals surface area contributed by atoms with E-state index in [1.165, 1.54) is 12.1 Å². The van der Waals surface area contributed by atoms with Crippen molar-refractivity contribution in [3.8, 4) is 16.9 Å². The molecular weight excluding hydrogens is 280 g/mol. The number of amides is 1. The van der Waals surface area contributed by atoms with Crippen molar-refractivity contribution in [1.29, 1.82) is 0 Å². The number of nitrogens with two attached hydrogens (primary N) is 2.